The lowest BCUT2D eigenvalue weighted by Crippen LogP contribution is -2.49. The van der Waals surface area contributed by atoms with Crippen LogP contribution in [0.4, 0.5) is 5.69 Å². The van der Waals surface area contributed by atoms with Crippen molar-refractivity contribution in [3.8, 4) is 5.75 Å². The van der Waals surface area contributed by atoms with Gasteiger partial charge in [0, 0.05) is 43.7 Å². The molecule has 0 unspecified atom stereocenters. The molecule has 0 amide bonds. The van der Waals surface area contributed by atoms with Gasteiger partial charge in [-0.2, -0.15) is 0 Å². The Labute approximate surface area is 175 Å². The molecule has 1 atom stereocenters. The lowest BCUT2D eigenvalue weighted by molar-refractivity contribution is -0.160. The van der Waals surface area contributed by atoms with E-state index in [1.165, 1.54) is 6.07 Å². The van der Waals surface area contributed by atoms with Gasteiger partial charge in [0.25, 0.3) is 0 Å². The van der Waals surface area contributed by atoms with E-state index >= 15 is 0 Å². The molecule has 0 aliphatic carbocycles. The number of rotatable bonds is 4. The topological polar surface area (TPSA) is 69.0 Å². The number of esters is 1. The van der Waals surface area contributed by atoms with Gasteiger partial charge >= 0.3 is 11.6 Å². The van der Waals surface area contributed by atoms with Gasteiger partial charge < -0.3 is 18.8 Å². The summed E-state index contributed by atoms with van der Waals surface area (Å²) >= 11 is 0. The molecule has 1 aliphatic rings. The summed E-state index contributed by atoms with van der Waals surface area (Å²) in [6.45, 7) is 3.79. The van der Waals surface area contributed by atoms with Gasteiger partial charge in [0.15, 0.2) is 0 Å². The molecule has 0 saturated carbocycles. The molecule has 30 heavy (non-hydrogen) atoms. The Bertz CT molecular complexity index is 1140. The Morgan fingerprint density at radius 1 is 1.13 bits per heavy atom. The van der Waals surface area contributed by atoms with Crippen LogP contribution in [0.1, 0.15) is 25.0 Å². The molecule has 0 fully saturated rings. The van der Waals surface area contributed by atoms with Gasteiger partial charge in [-0.3, -0.25) is 4.79 Å². The molecule has 0 saturated heterocycles. The number of hydrogen-bond acceptors (Lipinski definition) is 6. The highest BCUT2D eigenvalue weighted by atomic mass is 16.6. The van der Waals surface area contributed by atoms with Crippen LogP contribution in [-0.4, -0.2) is 31.8 Å². The highest BCUT2D eigenvalue weighted by molar-refractivity contribution is 5.79. The molecule has 0 spiro atoms. The smallest absolute Gasteiger partial charge is 0.336 e. The van der Waals surface area contributed by atoms with Gasteiger partial charge in [0.05, 0.1) is 6.42 Å². The Balaban J connectivity index is 1.51. The normalized spacial score (nSPS) is 17.1. The molecule has 3 aromatic rings. The van der Waals surface area contributed by atoms with Gasteiger partial charge in [-0.25, -0.2) is 4.79 Å². The highest BCUT2D eigenvalue weighted by Crippen LogP contribution is 2.37. The second-order valence-corrected chi connectivity index (χ2v) is 8.38. The summed E-state index contributed by atoms with van der Waals surface area (Å²) in [5.74, 6) is 0.359. The third-order valence-electron chi connectivity index (χ3n) is 5.43. The molecule has 0 radical (unpaired) electrons. The van der Waals surface area contributed by atoms with Crippen LogP contribution in [0.15, 0.2) is 57.7 Å². The van der Waals surface area contributed by atoms with Crippen molar-refractivity contribution in [2.45, 2.75) is 38.4 Å². The minimum Gasteiger partial charge on any atom is -0.484 e. The summed E-state index contributed by atoms with van der Waals surface area (Å²) in [4.78, 5) is 26.1. The van der Waals surface area contributed by atoms with Crippen LogP contribution >= 0.6 is 0 Å². The number of hydrogen-bond donors (Lipinski definition) is 0. The lowest BCUT2D eigenvalue weighted by atomic mass is 9.90. The maximum absolute atomic E-state index is 12.6. The van der Waals surface area contributed by atoms with E-state index in [4.69, 9.17) is 13.9 Å². The van der Waals surface area contributed by atoms with Gasteiger partial charge in [0.1, 0.15) is 23.0 Å². The Morgan fingerprint density at radius 3 is 2.57 bits per heavy atom. The number of anilines is 1. The highest BCUT2D eigenvalue weighted by Gasteiger charge is 2.40. The van der Waals surface area contributed by atoms with Crippen molar-refractivity contribution in [1.29, 1.82) is 0 Å². The number of nitrogens with zero attached hydrogens (tertiary/aromatic N) is 1. The summed E-state index contributed by atoms with van der Waals surface area (Å²) in [5.41, 5.74) is 2.27. The number of carbonyl (C=O) groups excluding carboxylic acids is 1. The Hall–Kier alpha value is -3.28. The maximum atomic E-state index is 12.6. The predicted octanol–water partition coefficient (Wildman–Crippen LogP) is 3.73. The summed E-state index contributed by atoms with van der Waals surface area (Å²) in [5, 5.41) is 0.808. The van der Waals surface area contributed by atoms with Crippen molar-refractivity contribution >= 4 is 22.6 Å². The number of carbonyl (C=O) groups is 1. The van der Waals surface area contributed by atoms with Gasteiger partial charge in [-0.1, -0.05) is 12.1 Å². The average molecular weight is 407 g/mol. The van der Waals surface area contributed by atoms with E-state index in [0.29, 0.717) is 17.8 Å². The van der Waals surface area contributed by atoms with Crippen LogP contribution in [0, 0.1) is 0 Å². The molecular weight excluding hydrogens is 382 g/mol. The molecule has 6 heteroatoms. The standard InChI is InChI=1S/C24H25NO5/c1-24(2)21(29-23(27)11-15-5-8-18(9-6-15)25(3)4)13-17-12-16-7-10-22(26)28-19(16)14-20(17)30-24/h5-10,12,14,21H,11,13H2,1-4H3/t21-/m0/s1. The van der Waals surface area contributed by atoms with Gasteiger partial charge in [-0.15, -0.1) is 0 Å². The fourth-order valence-electron chi connectivity index (χ4n) is 3.66. The first-order valence-electron chi connectivity index (χ1n) is 9.93. The molecule has 0 N–H and O–H groups in total. The minimum atomic E-state index is -0.708. The monoisotopic (exact) mass is 407 g/mol. The Kier molecular flexibility index (Phi) is 5.02. The zero-order valence-corrected chi connectivity index (χ0v) is 17.6. The van der Waals surface area contributed by atoms with Gasteiger partial charge in [-0.05, 0) is 49.2 Å². The summed E-state index contributed by atoms with van der Waals surface area (Å²) < 4.78 is 17.2. The van der Waals surface area contributed by atoms with E-state index < -0.39 is 17.3 Å². The van der Waals surface area contributed by atoms with E-state index in [-0.39, 0.29) is 12.4 Å². The van der Waals surface area contributed by atoms with Crippen LogP contribution < -0.4 is 15.3 Å². The van der Waals surface area contributed by atoms with Crippen molar-refractivity contribution in [3.63, 3.8) is 0 Å². The van der Waals surface area contributed by atoms with Crippen LogP contribution in [-0.2, 0) is 22.4 Å². The SMILES string of the molecule is CN(C)c1ccc(CC(=O)O[C@H]2Cc3cc4ccc(=O)oc4cc3OC2(C)C)cc1. The molecule has 1 aliphatic heterocycles. The quantitative estimate of drug-likeness (QED) is 0.485. The first kappa shape index (κ1) is 20.0. The molecule has 2 heterocycles. The van der Waals surface area contributed by atoms with Crippen molar-refractivity contribution < 1.29 is 18.7 Å². The largest absolute Gasteiger partial charge is 0.484 e. The van der Waals surface area contributed by atoms with Gasteiger partial charge in [0.2, 0.25) is 0 Å². The predicted molar refractivity (Wildman–Crippen MR) is 115 cm³/mol. The summed E-state index contributed by atoms with van der Waals surface area (Å²) in [6.07, 6.45) is 0.311. The molecule has 6 nitrogen and oxygen atoms in total. The third-order valence-corrected chi connectivity index (χ3v) is 5.43. The van der Waals surface area contributed by atoms with Crippen molar-refractivity contribution in [2.24, 2.45) is 0 Å². The number of fused-ring (bicyclic) bond motifs is 2. The van der Waals surface area contributed by atoms with Crippen molar-refractivity contribution in [1.82, 2.24) is 0 Å². The molecule has 4 rings (SSSR count). The van der Waals surface area contributed by atoms with E-state index in [9.17, 15) is 9.59 Å². The molecule has 156 valence electrons. The van der Waals surface area contributed by atoms with Crippen molar-refractivity contribution in [2.75, 3.05) is 19.0 Å². The lowest BCUT2D eigenvalue weighted by Gasteiger charge is -2.39. The number of benzene rings is 2. The zero-order valence-electron chi connectivity index (χ0n) is 17.6. The van der Waals surface area contributed by atoms with Crippen LogP contribution in [0.5, 0.6) is 5.75 Å². The van der Waals surface area contributed by atoms with E-state index in [0.717, 1.165) is 22.2 Å². The third kappa shape index (κ3) is 4.03. The van der Waals surface area contributed by atoms with E-state index in [1.54, 1.807) is 12.1 Å². The van der Waals surface area contributed by atoms with Crippen LogP contribution in [0.2, 0.25) is 0 Å². The van der Waals surface area contributed by atoms with Crippen molar-refractivity contribution in [3.05, 3.63) is 70.1 Å². The fourth-order valence-corrected chi connectivity index (χ4v) is 3.66. The Morgan fingerprint density at radius 2 is 1.87 bits per heavy atom. The summed E-state index contributed by atoms with van der Waals surface area (Å²) in [7, 11) is 3.95. The van der Waals surface area contributed by atoms with Crippen LogP contribution in [0.3, 0.4) is 0 Å². The second-order valence-electron chi connectivity index (χ2n) is 8.38. The average Bonchev–Trinajstić information content (AvgIpc) is 2.67. The van der Waals surface area contributed by atoms with E-state index in [1.807, 2.05) is 63.2 Å². The zero-order chi connectivity index (χ0) is 21.5. The molecule has 0 bridgehead atoms. The second kappa shape index (κ2) is 7.52. The minimum absolute atomic E-state index is 0.204. The van der Waals surface area contributed by atoms with Crippen LogP contribution in [0.25, 0.3) is 11.0 Å². The molecule has 2 aromatic carbocycles. The maximum Gasteiger partial charge on any atom is 0.336 e. The molecule has 1 aromatic heterocycles. The van der Waals surface area contributed by atoms with E-state index in [2.05, 4.69) is 0 Å². The first-order chi connectivity index (χ1) is 14.2. The number of ether oxygens (including phenoxy) is 2. The molecular formula is C24H25NO5. The summed E-state index contributed by atoms with van der Waals surface area (Å²) in [6, 6.07) is 14.6. The fraction of sp³-hybridized carbons (Fsp3) is 0.333. The first-order valence-corrected chi connectivity index (χ1v) is 9.93.